The minimum atomic E-state index is -0.656. The molecule has 1 fully saturated rings. The van der Waals surface area contributed by atoms with Crippen LogP contribution in [0.25, 0.3) is 5.65 Å². The number of hydrogen-bond acceptors (Lipinski definition) is 8. The largest absolute Gasteiger partial charge is 0.497 e. The Kier molecular flexibility index (Phi) is 7.04. The first kappa shape index (κ1) is 23.9. The smallest absolute Gasteiger partial charge is 0.256 e. The fraction of sp³-hybridized carbons (Fsp3) is 0.333. The van der Waals surface area contributed by atoms with Crippen LogP contribution in [-0.4, -0.2) is 64.9 Å². The maximum absolute atomic E-state index is 12.4. The van der Waals surface area contributed by atoms with Crippen molar-refractivity contribution in [3.63, 3.8) is 0 Å². The van der Waals surface area contributed by atoms with Crippen molar-refractivity contribution in [2.45, 2.75) is 12.8 Å². The molecule has 2 amide bonds. The van der Waals surface area contributed by atoms with E-state index in [9.17, 15) is 9.59 Å². The van der Waals surface area contributed by atoms with Gasteiger partial charge in [-0.25, -0.2) is 4.98 Å². The fourth-order valence-corrected chi connectivity index (χ4v) is 4.16. The monoisotopic (exact) mass is 479 g/mol. The molecule has 1 aliphatic heterocycles. The first-order valence-corrected chi connectivity index (χ1v) is 11.3. The number of hydrogen-bond donors (Lipinski definition) is 3. The third-order valence-electron chi connectivity index (χ3n) is 6.06. The van der Waals surface area contributed by atoms with Crippen LogP contribution in [0, 0.1) is 5.92 Å². The Hall–Kier alpha value is -4.28. The number of ether oxygens (including phenoxy) is 2. The highest BCUT2D eigenvalue weighted by Crippen LogP contribution is 2.30. The van der Waals surface area contributed by atoms with Gasteiger partial charge in [-0.1, -0.05) is 6.58 Å². The van der Waals surface area contributed by atoms with E-state index in [-0.39, 0.29) is 17.3 Å². The van der Waals surface area contributed by atoms with Gasteiger partial charge >= 0.3 is 0 Å². The van der Waals surface area contributed by atoms with Crippen molar-refractivity contribution in [1.29, 1.82) is 0 Å². The predicted octanol–water partition coefficient (Wildman–Crippen LogP) is 2.43. The van der Waals surface area contributed by atoms with Gasteiger partial charge in [0, 0.05) is 55.9 Å². The van der Waals surface area contributed by atoms with Crippen molar-refractivity contribution in [1.82, 2.24) is 19.3 Å². The van der Waals surface area contributed by atoms with E-state index in [4.69, 9.17) is 15.2 Å². The van der Waals surface area contributed by atoms with E-state index in [0.29, 0.717) is 54.3 Å². The summed E-state index contributed by atoms with van der Waals surface area (Å²) in [7, 11) is 3.12. The van der Waals surface area contributed by atoms with E-state index in [0.717, 1.165) is 12.8 Å². The second kappa shape index (κ2) is 10.3. The number of fused-ring (bicyclic) bond motifs is 1. The second-order valence-electron chi connectivity index (χ2n) is 8.22. The molecule has 0 unspecified atom stereocenters. The molecule has 4 N–H and O–H groups in total. The van der Waals surface area contributed by atoms with Crippen molar-refractivity contribution in [2.75, 3.05) is 44.5 Å². The molecule has 0 aliphatic carbocycles. The number of aromatic nitrogens is 3. The van der Waals surface area contributed by atoms with Gasteiger partial charge in [-0.05, 0) is 24.8 Å². The van der Waals surface area contributed by atoms with Crippen molar-refractivity contribution in [2.24, 2.45) is 11.7 Å². The molecule has 1 saturated heterocycles. The zero-order valence-corrected chi connectivity index (χ0v) is 19.8. The van der Waals surface area contributed by atoms with E-state index in [1.807, 2.05) is 4.90 Å². The highest BCUT2D eigenvalue weighted by Gasteiger charge is 2.23. The lowest BCUT2D eigenvalue weighted by Crippen LogP contribution is -2.39. The van der Waals surface area contributed by atoms with Gasteiger partial charge in [0.05, 0.1) is 14.2 Å². The first-order valence-electron chi connectivity index (χ1n) is 11.3. The molecule has 0 radical (unpaired) electrons. The van der Waals surface area contributed by atoms with Gasteiger partial charge in [0.2, 0.25) is 11.9 Å². The number of methoxy groups -OCH3 is 2. The Morgan fingerprint density at radius 2 is 1.89 bits per heavy atom. The van der Waals surface area contributed by atoms with Crippen LogP contribution in [0.2, 0.25) is 0 Å². The summed E-state index contributed by atoms with van der Waals surface area (Å²) >= 11 is 0. The van der Waals surface area contributed by atoms with Crippen molar-refractivity contribution < 1.29 is 19.1 Å². The molecule has 1 aliphatic rings. The lowest BCUT2D eigenvalue weighted by Gasteiger charge is -2.31. The lowest BCUT2D eigenvalue weighted by molar-refractivity contribution is -0.127. The Bertz CT molecular complexity index is 1230. The van der Waals surface area contributed by atoms with Crippen LogP contribution in [0.4, 0.5) is 17.5 Å². The van der Waals surface area contributed by atoms with Crippen LogP contribution < -0.4 is 25.8 Å². The molecule has 0 bridgehead atoms. The van der Waals surface area contributed by atoms with Crippen molar-refractivity contribution in [3.05, 3.63) is 48.8 Å². The molecule has 3 aromatic rings. The van der Waals surface area contributed by atoms with Crippen LogP contribution in [-0.2, 0) is 4.79 Å². The van der Waals surface area contributed by atoms with Crippen LogP contribution in [0.3, 0.4) is 0 Å². The van der Waals surface area contributed by atoms with Crippen LogP contribution in [0.5, 0.6) is 11.5 Å². The summed E-state index contributed by atoms with van der Waals surface area (Å²) in [4.78, 5) is 35.0. The number of piperidine rings is 1. The average molecular weight is 480 g/mol. The number of amides is 2. The van der Waals surface area contributed by atoms with E-state index in [1.165, 1.54) is 6.08 Å². The van der Waals surface area contributed by atoms with Crippen molar-refractivity contribution >= 4 is 34.9 Å². The third kappa shape index (κ3) is 5.13. The number of imidazole rings is 1. The number of rotatable bonds is 9. The van der Waals surface area contributed by atoms with Gasteiger partial charge in [-0.2, -0.15) is 4.98 Å². The molecule has 11 nitrogen and oxygen atoms in total. The maximum Gasteiger partial charge on any atom is 0.256 e. The maximum atomic E-state index is 12.4. The molecule has 3 heterocycles. The lowest BCUT2D eigenvalue weighted by atomic mass is 9.97. The fourth-order valence-electron chi connectivity index (χ4n) is 4.16. The Morgan fingerprint density at radius 3 is 2.49 bits per heavy atom. The Balaban J connectivity index is 1.60. The molecule has 1 aromatic carbocycles. The number of primary amides is 1. The topological polar surface area (TPSA) is 136 Å². The first-order chi connectivity index (χ1) is 16.9. The summed E-state index contributed by atoms with van der Waals surface area (Å²) in [5, 5.41) is 6.56. The molecular formula is C24H29N7O4. The summed E-state index contributed by atoms with van der Waals surface area (Å²) in [5.74, 6) is 1.61. The zero-order chi connectivity index (χ0) is 24.9. The summed E-state index contributed by atoms with van der Waals surface area (Å²) in [6.07, 6.45) is 6.40. The van der Waals surface area contributed by atoms with Gasteiger partial charge in [-0.3, -0.25) is 14.0 Å². The van der Waals surface area contributed by atoms with Crippen LogP contribution >= 0.6 is 0 Å². The van der Waals surface area contributed by atoms with Gasteiger partial charge in [0.1, 0.15) is 17.1 Å². The van der Waals surface area contributed by atoms with Crippen LogP contribution in [0.1, 0.15) is 23.2 Å². The summed E-state index contributed by atoms with van der Waals surface area (Å²) in [6.45, 7) is 5.59. The summed E-state index contributed by atoms with van der Waals surface area (Å²) in [5.41, 5.74) is 6.88. The number of nitrogens with two attached hydrogens (primary N) is 1. The number of benzene rings is 1. The van der Waals surface area contributed by atoms with Crippen LogP contribution in [0.15, 0.2) is 43.2 Å². The quantitative estimate of drug-likeness (QED) is 0.398. The number of anilines is 3. The minimum Gasteiger partial charge on any atom is -0.497 e. The molecule has 2 aromatic heterocycles. The van der Waals surface area contributed by atoms with E-state index in [1.54, 1.807) is 49.2 Å². The average Bonchev–Trinajstić information content (AvgIpc) is 3.36. The molecule has 4 rings (SSSR count). The molecule has 11 heteroatoms. The second-order valence-corrected chi connectivity index (χ2v) is 8.22. The molecule has 0 atom stereocenters. The standard InChI is InChI=1S/C24H29N7O4/c1-4-19(32)30-8-5-15(6-9-30)14-27-24-29-22(20(21(25)33)23-26-7-10-31(23)24)28-16-11-17(34-2)13-18(12-16)35-3/h4,7,10-13,15,28H,1,5-6,8-9,14H2,2-3H3,(H2,25,33)(H,27,29). The SMILES string of the molecule is C=CC(=O)N1CCC(CNc2nc(Nc3cc(OC)cc(OC)c3)c(C(N)=O)c3nccn23)CC1. The Labute approximate surface area is 202 Å². The molecular weight excluding hydrogens is 450 g/mol. The highest BCUT2D eigenvalue weighted by molar-refractivity contribution is 6.04. The molecule has 35 heavy (non-hydrogen) atoms. The van der Waals surface area contributed by atoms with Gasteiger partial charge in [-0.15, -0.1) is 0 Å². The zero-order valence-electron chi connectivity index (χ0n) is 19.8. The minimum absolute atomic E-state index is 0.0369. The number of likely N-dealkylation sites (tertiary alicyclic amines) is 1. The van der Waals surface area contributed by atoms with E-state index >= 15 is 0 Å². The number of carbonyl (C=O) groups is 2. The number of nitrogens with one attached hydrogen (secondary N) is 2. The van der Waals surface area contributed by atoms with Gasteiger partial charge in [0.25, 0.3) is 5.91 Å². The van der Waals surface area contributed by atoms with Gasteiger partial charge in [0.15, 0.2) is 11.5 Å². The molecule has 184 valence electrons. The normalized spacial score (nSPS) is 13.9. The molecule has 0 saturated carbocycles. The Morgan fingerprint density at radius 1 is 1.20 bits per heavy atom. The van der Waals surface area contributed by atoms with E-state index < -0.39 is 5.91 Å². The number of nitrogens with zero attached hydrogens (tertiary/aromatic N) is 4. The number of carbonyl (C=O) groups excluding carboxylic acids is 2. The van der Waals surface area contributed by atoms with Gasteiger partial charge < -0.3 is 30.7 Å². The van der Waals surface area contributed by atoms with Crippen molar-refractivity contribution in [3.8, 4) is 11.5 Å². The summed E-state index contributed by atoms with van der Waals surface area (Å²) in [6, 6.07) is 5.26. The molecule has 0 spiro atoms. The highest BCUT2D eigenvalue weighted by atomic mass is 16.5. The third-order valence-corrected chi connectivity index (χ3v) is 6.06. The summed E-state index contributed by atoms with van der Waals surface area (Å²) < 4.78 is 12.4. The predicted molar refractivity (Wildman–Crippen MR) is 132 cm³/mol. The van der Waals surface area contributed by atoms with E-state index in [2.05, 4.69) is 27.2 Å².